The molecule has 0 spiro atoms. The van der Waals surface area contributed by atoms with Crippen molar-refractivity contribution >= 4 is 27.7 Å². The van der Waals surface area contributed by atoms with Gasteiger partial charge in [0.2, 0.25) is 0 Å². The maximum Gasteiger partial charge on any atom is 0.174 e. The van der Waals surface area contributed by atoms with Crippen LogP contribution in [0.25, 0.3) is 0 Å². The third-order valence-corrected chi connectivity index (χ3v) is 4.31. The molecule has 0 bridgehead atoms. The molecule has 1 aromatic carbocycles. The van der Waals surface area contributed by atoms with Crippen molar-refractivity contribution in [3.05, 3.63) is 22.2 Å². The van der Waals surface area contributed by atoms with Gasteiger partial charge in [-0.2, -0.15) is 11.8 Å². The van der Waals surface area contributed by atoms with Crippen LogP contribution in [0.2, 0.25) is 0 Å². The molecular formula is C15H24BrNO2S. The highest BCUT2D eigenvalue weighted by atomic mass is 79.9. The molecule has 1 aromatic rings. The smallest absolute Gasteiger partial charge is 0.174 e. The number of ether oxygens (including phenoxy) is 2. The Morgan fingerprint density at radius 2 is 1.95 bits per heavy atom. The van der Waals surface area contributed by atoms with E-state index in [9.17, 15) is 0 Å². The largest absolute Gasteiger partial charge is 0.493 e. The topological polar surface area (TPSA) is 30.5 Å². The summed E-state index contributed by atoms with van der Waals surface area (Å²) < 4.78 is 11.6. The fourth-order valence-corrected chi connectivity index (χ4v) is 3.12. The van der Waals surface area contributed by atoms with E-state index < -0.39 is 0 Å². The standard InChI is InChI=1S/C15H24BrNO2S/c1-18-14-10-12(9-13(16)15(14)19-2)11-17-7-5-4-6-8-20-3/h9-10,17H,4-8,11H2,1-3H3. The van der Waals surface area contributed by atoms with Crippen molar-refractivity contribution in [3.8, 4) is 11.5 Å². The average Bonchev–Trinajstić information content (AvgIpc) is 2.45. The van der Waals surface area contributed by atoms with E-state index in [0.717, 1.165) is 29.1 Å². The number of unbranched alkanes of at least 4 members (excludes halogenated alkanes) is 2. The molecule has 0 saturated heterocycles. The lowest BCUT2D eigenvalue weighted by Crippen LogP contribution is -2.14. The number of methoxy groups -OCH3 is 2. The second-order valence-corrected chi connectivity index (χ2v) is 6.38. The number of benzene rings is 1. The predicted molar refractivity (Wildman–Crippen MR) is 91.2 cm³/mol. The second kappa shape index (κ2) is 10.4. The SMILES string of the molecule is COc1cc(CNCCCCCSC)cc(Br)c1OC. The maximum absolute atomic E-state index is 5.34. The van der Waals surface area contributed by atoms with Crippen LogP contribution in [-0.2, 0) is 6.54 Å². The van der Waals surface area contributed by atoms with E-state index in [4.69, 9.17) is 9.47 Å². The highest BCUT2D eigenvalue weighted by molar-refractivity contribution is 9.10. The third kappa shape index (κ3) is 5.94. The summed E-state index contributed by atoms with van der Waals surface area (Å²) in [4.78, 5) is 0. The van der Waals surface area contributed by atoms with Crippen LogP contribution in [0.5, 0.6) is 11.5 Å². The number of thioether (sulfide) groups is 1. The number of nitrogens with one attached hydrogen (secondary N) is 1. The van der Waals surface area contributed by atoms with Gasteiger partial charge in [0.25, 0.3) is 0 Å². The van der Waals surface area contributed by atoms with E-state index >= 15 is 0 Å². The Kier molecular flexibility index (Phi) is 9.14. The first-order valence-corrected chi connectivity index (χ1v) is 9.01. The van der Waals surface area contributed by atoms with Crippen molar-refractivity contribution in [2.45, 2.75) is 25.8 Å². The quantitative estimate of drug-likeness (QED) is 0.635. The zero-order valence-electron chi connectivity index (χ0n) is 12.5. The fourth-order valence-electron chi connectivity index (χ4n) is 1.98. The first kappa shape index (κ1) is 17.7. The molecule has 0 amide bonds. The molecule has 20 heavy (non-hydrogen) atoms. The Balaban J connectivity index is 2.39. The van der Waals surface area contributed by atoms with Gasteiger partial charge in [-0.1, -0.05) is 6.42 Å². The minimum atomic E-state index is 0.744. The molecule has 0 atom stereocenters. The Labute approximate surface area is 134 Å². The number of halogens is 1. The van der Waals surface area contributed by atoms with Crippen LogP contribution in [0.3, 0.4) is 0 Å². The van der Waals surface area contributed by atoms with Crippen LogP contribution in [0.4, 0.5) is 0 Å². The molecule has 0 radical (unpaired) electrons. The first-order chi connectivity index (χ1) is 9.72. The molecule has 0 aliphatic rings. The number of hydrogen-bond acceptors (Lipinski definition) is 4. The van der Waals surface area contributed by atoms with Crippen molar-refractivity contribution in [2.24, 2.45) is 0 Å². The van der Waals surface area contributed by atoms with Gasteiger partial charge in [0.05, 0.1) is 18.7 Å². The summed E-state index contributed by atoms with van der Waals surface area (Å²) >= 11 is 5.44. The second-order valence-electron chi connectivity index (χ2n) is 4.54. The van der Waals surface area contributed by atoms with Gasteiger partial charge < -0.3 is 14.8 Å². The van der Waals surface area contributed by atoms with Gasteiger partial charge in [-0.3, -0.25) is 0 Å². The molecule has 5 heteroatoms. The first-order valence-electron chi connectivity index (χ1n) is 6.83. The average molecular weight is 362 g/mol. The van der Waals surface area contributed by atoms with Crippen molar-refractivity contribution in [2.75, 3.05) is 32.8 Å². The monoisotopic (exact) mass is 361 g/mol. The third-order valence-electron chi connectivity index (χ3n) is 3.02. The molecular weight excluding hydrogens is 338 g/mol. The molecule has 0 unspecified atom stereocenters. The zero-order valence-corrected chi connectivity index (χ0v) is 14.9. The van der Waals surface area contributed by atoms with E-state index in [1.807, 2.05) is 17.8 Å². The molecule has 0 fully saturated rings. The lowest BCUT2D eigenvalue weighted by molar-refractivity contribution is 0.352. The molecule has 3 nitrogen and oxygen atoms in total. The van der Waals surface area contributed by atoms with Gasteiger partial charge in [0, 0.05) is 6.54 Å². The van der Waals surface area contributed by atoms with Crippen molar-refractivity contribution in [1.29, 1.82) is 0 Å². The van der Waals surface area contributed by atoms with E-state index in [1.54, 1.807) is 14.2 Å². The Hall–Kier alpha value is -0.390. The molecule has 0 saturated carbocycles. The highest BCUT2D eigenvalue weighted by Crippen LogP contribution is 2.36. The van der Waals surface area contributed by atoms with Crippen LogP contribution in [0.1, 0.15) is 24.8 Å². The van der Waals surface area contributed by atoms with Crippen LogP contribution in [0, 0.1) is 0 Å². The van der Waals surface area contributed by atoms with Crippen molar-refractivity contribution < 1.29 is 9.47 Å². The van der Waals surface area contributed by atoms with E-state index in [-0.39, 0.29) is 0 Å². The van der Waals surface area contributed by atoms with Crippen molar-refractivity contribution in [1.82, 2.24) is 5.32 Å². The van der Waals surface area contributed by atoms with E-state index in [1.165, 1.54) is 30.6 Å². The predicted octanol–water partition coefficient (Wildman–Crippen LogP) is 4.09. The summed E-state index contributed by atoms with van der Waals surface area (Å²) in [5, 5.41) is 3.47. The van der Waals surface area contributed by atoms with Gasteiger partial charge >= 0.3 is 0 Å². The lowest BCUT2D eigenvalue weighted by atomic mass is 10.2. The van der Waals surface area contributed by atoms with Gasteiger partial charge in [-0.25, -0.2) is 0 Å². The lowest BCUT2D eigenvalue weighted by Gasteiger charge is -2.12. The van der Waals surface area contributed by atoms with E-state index in [2.05, 4.69) is 33.6 Å². The highest BCUT2D eigenvalue weighted by Gasteiger charge is 2.10. The summed E-state index contributed by atoms with van der Waals surface area (Å²) in [7, 11) is 3.31. The van der Waals surface area contributed by atoms with Crippen molar-refractivity contribution in [3.63, 3.8) is 0 Å². The molecule has 1 rings (SSSR count). The van der Waals surface area contributed by atoms with Gasteiger partial charge in [0.1, 0.15) is 0 Å². The molecule has 114 valence electrons. The normalized spacial score (nSPS) is 10.6. The summed E-state index contributed by atoms with van der Waals surface area (Å²) in [5.41, 5.74) is 1.19. The van der Waals surface area contributed by atoms with E-state index in [0.29, 0.717) is 0 Å². The Bertz CT molecular complexity index is 402. The van der Waals surface area contributed by atoms with Crippen LogP contribution in [-0.4, -0.2) is 32.8 Å². The Morgan fingerprint density at radius 3 is 2.60 bits per heavy atom. The van der Waals surface area contributed by atoms with Crippen LogP contribution >= 0.6 is 27.7 Å². The zero-order chi connectivity index (χ0) is 14.8. The number of hydrogen-bond donors (Lipinski definition) is 1. The maximum atomic E-state index is 5.34. The summed E-state index contributed by atoms with van der Waals surface area (Å²) in [5.74, 6) is 2.77. The van der Waals surface area contributed by atoms with Crippen LogP contribution < -0.4 is 14.8 Å². The molecule has 0 aliphatic carbocycles. The van der Waals surface area contributed by atoms with Gasteiger partial charge in [-0.05, 0) is 65.0 Å². The number of rotatable bonds is 10. The minimum Gasteiger partial charge on any atom is -0.493 e. The minimum absolute atomic E-state index is 0.744. The molecule has 0 aromatic heterocycles. The summed E-state index contributed by atoms with van der Waals surface area (Å²) in [6.07, 6.45) is 6.00. The van der Waals surface area contributed by atoms with Crippen LogP contribution in [0.15, 0.2) is 16.6 Å². The summed E-state index contributed by atoms with van der Waals surface area (Å²) in [6.45, 7) is 1.90. The molecule has 1 N–H and O–H groups in total. The summed E-state index contributed by atoms with van der Waals surface area (Å²) in [6, 6.07) is 4.09. The Morgan fingerprint density at radius 1 is 1.15 bits per heavy atom. The fraction of sp³-hybridized carbons (Fsp3) is 0.600. The molecule has 0 aliphatic heterocycles. The van der Waals surface area contributed by atoms with Gasteiger partial charge in [0.15, 0.2) is 11.5 Å². The molecule has 0 heterocycles. The van der Waals surface area contributed by atoms with Gasteiger partial charge in [-0.15, -0.1) is 0 Å².